The Morgan fingerprint density at radius 2 is 1.91 bits per heavy atom. The molecular weight excluding hydrogens is 308 g/mol. The second-order valence-electron chi connectivity index (χ2n) is 6.85. The van der Waals surface area contributed by atoms with Crippen LogP contribution in [0.3, 0.4) is 0 Å². The van der Waals surface area contributed by atoms with Crippen LogP contribution in [0.2, 0.25) is 0 Å². The largest absolute Gasteiger partial charge is 0.338 e. The summed E-state index contributed by atoms with van der Waals surface area (Å²) in [6, 6.07) is 0.657. The molecule has 2 heterocycles. The highest BCUT2D eigenvalue weighted by atomic mass is 32.1. The first-order valence-electron chi connectivity index (χ1n) is 8.82. The first-order valence-corrected chi connectivity index (χ1v) is 9.76. The molecule has 0 aromatic carbocycles. The van der Waals surface area contributed by atoms with Gasteiger partial charge in [-0.25, -0.2) is 4.98 Å². The van der Waals surface area contributed by atoms with Crippen LogP contribution >= 0.6 is 11.3 Å². The number of hydrogen-bond acceptors (Lipinski definition) is 6. The van der Waals surface area contributed by atoms with Gasteiger partial charge in [0.2, 0.25) is 5.89 Å². The van der Waals surface area contributed by atoms with Gasteiger partial charge in [0.1, 0.15) is 0 Å². The minimum atomic E-state index is 0.503. The topological polar surface area (TPSA) is 55.1 Å². The lowest BCUT2D eigenvalue weighted by Gasteiger charge is -2.18. The zero-order valence-electron chi connectivity index (χ0n) is 13.5. The quantitative estimate of drug-likeness (QED) is 0.745. The highest BCUT2D eigenvalue weighted by Crippen LogP contribution is 2.32. The van der Waals surface area contributed by atoms with Crippen molar-refractivity contribution in [3.63, 3.8) is 0 Å². The normalized spacial score (nSPS) is 20.0. The molecule has 0 spiro atoms. The molecule has 0 amide bonds. The summed E-state index contributed by atoms with van der Waals surface area (Å²) in [5.41, 5.74) is 3.04. The lowest BCUT2D eigenvalue weighted by molar-refractivity contribution is 0.207. The van der Waals surface area contributed by atoms with Gasteiger partial charge in [0.05, 0.1) is 17.7 Å². The third kappa shape index (κ3) is 3.98. The van der Waals surface area contributed by atoms with Crippen molar-refractivity contribution >= 4 is 11.3 Å². The summed E-state index contributed by atoms with van der Waals surface area (Å²) in [6.07, 6.45) is 10.3. The Balaban J connectivity index is 1.41. The van der Waals surface area contributed by atoms with Crippen molar-refractivity contribution in [1.82, 2.24) is 20.0 Å². The van der Waals surface area contributed by atoms with Gasteiger partial charge < -0.3 is 4.52 Å². The number of thiazole rings is 1. The summed E-state index contributed by atoms with van der Waals surface area (Å²) in [6.45, 7) is 1.64. The number of hydrogen-bond donors (Lipinski definition) is 0. The Labute approximate surface area is 141 Å². The number of nitrogens with zero attached hydrogens (tertiary/aromatic N) is 4. The van der Waals surface area contributed by atoms with E-state index < -0.39 is 0 Å². The van der Waals surface area contributed by atoms with Crippen molar-refractivity contribution in [2.45, 2.75) is 76.4 Å². The maximum absolute atomic E-state index is 5.57. The SMILES string of the molecule is c1nc(CN(Cc2nc(C3CCCCCC3)no2)C2CC2)cs1. The fourth-order valence-corrected chi connectivity index (χ4v) is 4.04. The first kappa shape index (κ1) is 15.3. The molecule has 2 aliphatic carbocycles. The van der Waals surface area contributed by atoms with Crippen LogP contribution in [0.25, 0.3) is 0 Å². The Kier molecular flexibility index (Phi) is 4.71. The molecular formula is C17H24N4OS. The van der Waals surface area contributed by atoms with Crippen LogP contribution in [0.1, 0.15) is 74.7 Å². The molecule has 2 saturated carbocycles. The van der Waals surface area contributed by atoms with Crippen LogP contribution in [-0.2, 0) is 13.1 Å². The maximum atomic E-state index is 5.57. The minimum absolute atomic E-state index is 0.503. The summed E-state index contributed by atoms with van der Waals surface area (Å²) in [5, 5.41) is 6.41. The van der Waals surface area contributed by atoms with Gasteiger partial charge in [-0.05, 0) is 25.7 Å². The molecule has 0 radical (unpaired) electrons. The van der Waals surface area contributed by atoms with Crippen LogP contribution in [0.5, 0.6) is 0 Å². The first-order chi connectivity index (χ1) is 11.4. The van der Waals surface area contributed by atoms with Gasteiger partial charge in [-0.15, -0.1) is 11.3 Å². The molecule has 2 aliphatic rings. The zero-order chi connectivity index (χ0) is 15.5. The molecule has 2 aromatic heterocycles. The second-order valence-corrected chi connectivity index (χ2v) is 7.57. The van der Waals surface area contributed by atoms with Gasteiger partial charge in [0.15, 0.2) is 5.82 Å². The highest BCUT2D eigenvalue weighted by molar-refractivity contribution is 7.07. The van der Waals surface area contributed by atoms with Crippen molar-refractivity contribution in [2.75, 3.05) is 0 Å². The Morgan fingerprint density at radius 1 is 1.09 bits per heavy atom. The maximum Gasteiger partial charge on any atom is 0.240 e. The van der Waals surface area contributed by atoms with E-state index in [-0.39, 0.29) is 0 Å². The molecule has 2 aromatic rings. The zero-order valence-corrected chi connectivity index (χ0v) is 14.3. The van der Waals surface area contributed by atoms with Gasteiger partial charge in [-0.1, -0.05) is 30.8 Å². The fraction of sp³-hybridized carbons (Fsp3) is 0.706. The molecule has 23 heavy (non-hydrogen) atoms. The standard InChI is InChI=1S/C17H24N4OS/c1-2-4-6-13(5-3-1)17-19-16(22-20-17)10-21(15-7-8-15)9-14-11-23-12-18-14/h11-13,15H,1-10H2. The van der Waals surface area contributed by atoms with E-state index in [1.807, 2.05) is 5.51 Å². The molecule has 4 rings (SSSR count). The Bertz CT molecular complexity index is 600. The lowest BCUT2D eigenvalue weighted by Crippen LogP contribution is -2.25. The van der Waals surface area contributed by atoms with E-state index in [2.05, 4.69) is 20.4 Å². The molecule has 6 heteroatoms. The van der Waals surface area contributed by atoms with Crippen molar-refractivity contribution < 1.29 is 4.52 Å². The van der Waals surface area contributed by atoms with Gasteiger partial charge in [0, 0.05) is 23.9 Å². The van der Waals surface area contributed by atoms with Gasteiger partial charge in [-0.2, -0.15) is 4.98 Å². The highest BCUT2D eigenvalue weighted by Gasteiger charge is 2.31. The molecule has 0 unspecified atom stereocenters. The Hall–Kier alpha value is -1.27. The van der Waals surface area contributed by atoms with E-state index in [4.69, 9.17) is 9.51 Å². The lowest BCUT2D eigenvalue weighted by atomic mass is 10.00. The second kappa shape index (κ2) is 7.09. The molecule has 0 N–H and O–H groups in total. The average molecular weight is 332 g/mol. The molecule has 124 valence electrons. The monoisotopic (exact) mass is 332 g/mol. The molecule has 0 atom stereocenters. The average Bonchev–Trinajstić information content (AvgIpc) is 3.21. The van der Waals surface area contributed by atoms with Crippen molar-refractivity contribution in [1.29, 1.82) is 0 Å². The van der Waals surface area contributed by atoms with E-state index in [1.165, 1.54) is 51.4 Å². The third-order valence-electron chi connectivity index (χ3n) is 4.95. The number of rotatable bonds is 6. The van der Waals surface area contributed by atoms with E-state index in [0.717, 1.165) is 30.5 Å². The van der Waals surface area contributed by atoms with Crippen LogP contribution in [-0.4, -0.2) is 26.1 Å². The summed E-state index contributed by atoms with van der Waals surface area (Å²) in [7, 11) is 0. The smallest absolute Gasteiger partial charge is 0.240 e. The van der Waals surface area contributed by atoms with E-state index in [9.17, 15) is 0 Å². The fourth-order valence-electron chi connectivity index (χ4n) is 3.49. The van der Waals surface area contributed by atoms with Crippen LogP contribution < -0.4 is 0 Å². The van der Waals surface area contributed by atoms with Gasteiger partial charge >= 0.3 is 0 Å². The number of aromatic nitrogens is 3. The van der Waals surface area contributed by atoms with Gasteiger partial charge in [0.25, 0.3) is 0 Å². The van der Waals surface area contributed by atoms with E-state index in [0.29, 0.717) is 12.0 Å². The predicted octanol–water partition coefficient (Wildman–Crippen LogP) is 4.13. The van der Waals surface area contributed by atoms with E-state index in [1.54, 1.807) is 11.3 Å². The summed E-state index contributed by atoms with van der Waals surface area (Å²) in [5.74, 6) is 2.21. The van der Waals surface area contributed by atoms with Crippen molar-refractivity contribution in [3.8, 4) is 0 Å². The predicted molar refractivity (Wildman–Crippen MR) is 89.1 cm³/mol. The molecule has 2 fully saturated rings. The molecule has 0 saturated heterocycles. The Morgan fingerprint density at radius 3 is 2.61 bits per heavy atom. The van der Waals surface area contributed by atoms with Crippen LogP contribution in [0.15, 0.2) is 15.4 Å². The summed E-state index contributed by atoms with van der Waals surface area (Å²) in [4.78, 5) is 11.6. The van der Waals surface area contributed by atoms with Crippen LogP contribution in [0.4, 0.5) is 0 Å². The van der Waals surface area contributed by atoms with E-state index >= 15 is 0 Å². The summed E-state index contributed by atoms with van der Waals surface area (Å²) < 4.78 is 5.57. The van der Waals surface area contributed by atoms with Crippen LogP contribution in [0, 0.1) is 0 Å². The molecule has 0 bridgehead atoms. The molecule has 5 nitrogen and oxygen atoms in total. The third-order valence-corrected chi connectivity index (χ3v) is 5.59. The molecule has 0 aliphatic heterocycles. The summed E-state index contributed by atoms with van der Waals surface area (Å²) >= 11 is 1.66. The minimum Gasteiger partial charge on any atom is -0.338 e. The van der Waals surface area contributed by atoms with Gasteiger partial charge in [-0.3, -0.25) is 4.90 Å². The van der Waals surface area contributed by atoms with Crippen molar-refractivity contribution in [2.24, 2.45) is 0 Å². The van der Waals surface area contributed by atoms with Crippen molar-refractivity contribution in [3.05, 3.63) is 28.3 Å².